The molecule has 1 aliphatic rings. The Morgan fingerprint density at radius 2 is 2.19 bits per heavy atom. The number of amides is 1. The molecule has 2 aromatic rings. The van der Waals surface area contributed by atoms with E-state index in [-0.39, 0.29) is 18.0 Å². The van der Waals surface area contributed by atoms with Crippen molar-refractivity contribution < 1.29 is 19.1 Å². The lowest BCUT2D eigenvalue weighted by Crippen LogP contribution is -2.25. The molecule has 0 aliphatic carbocycles. The Morgan fingerprint density at radius 1 is 1.43 bits per heavy atom. The van der Waals surface area contributed by atoms with E-state index in [0.717, 1.165) is 11.3 Å². The summed E-state index contributed by atoms with van der Waals surface area (Å²) < 4.78 is 5.42. The molecule has 1 amide bonds. The molecule has 0 saturated heterocycles. The number of fused-ring (bicyclic) bond motifs is 1. The standard InChI is InChI=1S/C15H12ClNO4/c1-8-12(15(19)20)6-11(21-8)7-17-13-5-10(16)3-2-9(13)4-14(17)18/h2-3,5-6H,4,7H2,1H3,(H,19,20). The topological polar surface area (TPSA) is 70.8 Å². The van der Waals surface area contributed by atoms with Gasteiger partial charge in [-0.3, -0.25) is 4.79 Å². The zero-order valence-corrected chi connectivity index (χ0v) is 12.0. The van der Waals surface area contributed by atoms with Gasteiger partial charge in [-0.1, -0.05) is 17.7 Å². The van der Waals surface area contributed by atoms with Gasteiger partial charge in [0, 0.05) is 10.7 Å². The van der Waals surface area contributed by atoms with Crippen LogP contribution in [0.25, 0.3) is 0 Å². The average molecular weight is 306 g/mol. The largest absolute Gasteiger partial charge is 0.478 e. The van der Waals surface area contributed by atoms with Crippen LogP contribution in [0.1, 0.15) is 27.4 Å². The first kappa shape index (κ1) is 13.7. The zero-order valence-electron chi connectivity index (χ0n) is 11.2. The van der Waals surface area contributed by atoms with Crippen LogP contribution in [0.3, 0.4) is 0 Å². The van der Waals surface area contributed by atoms with Crippen LogP contribution in [0.15, 0.2) is 28.7 Å². The van der Waals surface area contributed by atoms with Crippen molar-refractivity contribution in [1.29, 1.82) is 0 Å². The quantitative estimate of drug-likeness (QED) is 0.946. The molecule has 1 N–H and O–H groups in total. The minimum Gasteiger partial charge on any atom is -0.478 e. The van der Waals surface area contributed by atoms with E-state index >= 15 is 0 Å². The van der Waals surface area contributed by atoms with E-state index in [1.54, 1.807) is 24.0 Å². The lowest BCUT2D eigenvalue weighted by atomic mass is 10.2. The summed E-state index contributed by atoms with van der Waals surface area (Å²) in [7, 11) is 0. The Bertz CT molecular complexity index is 750. The molecule has 108 valence electrons. The smallest absolute Gasteiger partial charge is 0.339 e. The second-order valence-electron chi connectivity index (χ2n) is 4.92. The fourth-order valence-electron chi connectivity index (χ4n) is 2.49. The molecule has 2 heterocycles. The highest BCUT2D eigenvalue weighted by atomic mass is 35.5. The number of hydrogen-bond donors (Lipinski definition) is 1. The number of halogens is 1. The minimum absolute atomic E-state index is 0.0572. The predicted octanol–water partition coefficient (Wildman–Crippen LogP) is 3.03. The Hall–Kier alpha value is -2.27. The van der Waals surface area contributed by atoms with E-state index in [1.807, 2.05) is 6.07 Å². The first-order chi connectivity index (χ1) is 9.95. The number of hydrogen-bond acceptors (Lipinski definition) is 3. The van der Waals surface area contributed by atoms with Crippen molar-refractivity contribution >= 4 is 29.2 Å². The van der Waals surface area contributed by atoms with E-state index in [9.17, 15) is 9.59 Å². The van der Waals surface area contributed by atoms with Gasteiger partial charge in [0.15, 0.2) is 0 Å². The van der Waals surface area contributed by atoms with Gasteiger partial charge in [0.1, 0.15) is 17.1 Å². The molecular formula is C15H12ClNO4. The van der Waals surface area contributed by atoms with Crippen molar-refractivity contribution in [1.82, 2.24) is 0 Å². The molecule has 0 radical (unpaired) electrons. The lowest BCUT2D eigenvalue weighted by molar-refractivity contribution is -0.117. The molecule has 0 unspecified atom stereocenters. The highest BCUT2D eigenvalue weighted by Gasteiger charge is 2.28. The Morgan fingerprint density at radius 3 is 2.86 bits per heavy atom. The molecule has 1 aromatic heterocycles. The van der Waals surface area contributed by atoms with Crippen molar-refractivity contribution in [2.24, 2.45) is 0 Å². The number of furan rings is 1. The molecule has 0 atom stereocenters. The lowest BCUT2D eigenvalue weighted by Gasteiger charge is -2.16. The zero-order chi connectivity index (χ0) is 15.1. The molecule has 0 spiro atoms. The SMILES string of the molecule is Cc1oc(CN2C(=O)Cc3ccc(Cl)cc32)cc1C(=O)O. The summed E-state index contributed by atoms with van der Waals surface area (Å²) >= 11 is 5.97. The second kappa shape index (κ2) is 4.93. The van der Waals surface area contributed by atoms with Gasteiger partial charge in [-0.15, -0.1) is 0 Å². The fraction of sp³-hybridized carbons (Fsp3) is 0.200. The third-order valence-electron chi connectivity index (χ3n) is 3.49. The monoisotopic (exact) mass is 305 g/mol. The number of carboxylic acids is 1. The summed E-state index contributed by atoms with van der Waals surface area (Å²) in [6.07, 6.45) is 0.317. The molecule has 6 heteroatoms. The van der Waals surface area contributed by atoms with Crippen molar-refractivity contribution in [3.63, 3.8) is 0 Å². The summed E-state index contributed by atoms with van der Waals surface area (Å²) in [5.74, 6) is -0.335. The van der Waals surface area contributed by atoms with Crippen LogP contribution in [0.2, 0.25) is 5.02 Å². The first-order valence-corrected chi connectivity index (χ1v) is 6.75. The van der Waals surface area contributed by atoms with Crippen molar-refractivity contribution in [3.05, 3.63) is 51.9 Å². The van der Waals surface area contributed by atoms with Crippen molar-refractivity contribution in [2.75, 3.05) is 4.90 Å². The van der Waals surface area contributed by atoms with Crippen LogP contribution in [0.5, 0.6) is 0 Å². The van der Waals surface area contributed by atoms with Gasteiger partial charge in [0.05, 0.1) is 13.0 Å². The molecule has 1 aliphatic heterocycles. The van der Waals surface area contributed by atoms with Gasteiger partial charge >= 0.3 is 5.97 Å². The van der Waals surface area contributed by atoms with Gasteiger partial charge in [-0.25, -0.2) is 4.79 Å². The summed E-state index contributed by atoms with van der Waals surface area (Å²) in [6.45, 7) is 1.78. The highest BCUT2D eigenvalue weighted by Crippen LogP contribution is 2.33. The molecule has 5 nitrogen and oxygen atoms in total. The molecule has 1 aromatic carbocycles. The first-order valence-electron chi connectivity index (χ1n) is 6.37. The number of carbonyl (C=O) groups is 2. The number of benzene rings is 1. The molecule has 21 heavy (non-hydrogen) atoms. The molecule has 0 fully saturated rings. The normalized spacial score (nSPS) is 13.6. The van der Waals surface area contributed by atoms with Gasteiger partial charge in [0.25, 0.3) is 0 Å². The number of aromatic carboxylic acids is 1. The number of anilines is 1. The number of carbonyl (C=O) groups excluding carboxylic acids is 1. The summed E-state index contributed by atoms with van der Waals surface area (Å²) in [5, 5.41) is 9.58. The van der Waals surface area contributed by atoms with Crippen LogP contribution in [-0.4, -0.2) is 17.0 Å². The van der Waals surface area contributed by atoms with E-state index in [2.05, 4.69) is 0 Å². The van der Waals surface area contributed by atoms with Gasteiger partial charge in [-0.05, 0) is 30.7 Å². The Balaban J connectivity index is 1.92. The maximum absolute atomic E-state index is 12.1. The molecule has 3 rings (SSSR count). The minimum atomic E-state index is -1.04. The van der Waals surface area contributed by atoms with Crippen molar-refractivity contribution in [2.45, 2.75) is 19.9 Å². The van der Waals surface area contributed by atoms with Crippen LogP contribution in [-0.2, 0) is 17.8 Å². The number of carboxylic acid groups (broad SMARTS) is 1. The van der Waals surface area contributed by atoms with E-state index in [1.165, 1.54) is 6.07 Å². The third kappa shape index (κ3) is 2.40. The summed E-state index contributed by atoms with van der Waals surface area (Å²) in [5.41, 5.74) is 1.77. The summed E-state index contributed by atoms with van der Waals surface area (Å²) in [4.78, 5) is 24.7. The third-order valence-corrected chi connectivity index (χ3v) is 3.73. The van der Waals surface area contributed by atoms with E-state index in [4.69, 9.17) is 21.1 Å². The van der Waals surface area contributed by atoms with Crippen LogP contribution in [0.4, 0.5) is 5.69 Å². The van der Waals surface area contributed by atoms with E-state index in [0.29, 0.717) is 23.0 Å². The van der Waals surface area contributed by atoms with Gasteiger partial charge in [0.2, 0.25) is 5.91 Å². The number of aryl methyl sites for hydroxylation is 1. The molecular weight excluding hydrogens is 294 g/mol. The average Bonchev–Trinajstić information content (AvgIpc) is 2.92. The van der Waals surface area contributed by atoms with Crippen molar-refractivity contribution in [3.8, 4) is 0 Å². The molecule has 0 saturated carbocycles. The van der Waals surface area contributed by atoms with E-state index < -0.39 is 5.97 Å². The number of nitrogens with zero attached hydrogens (tertiary/aromatic N) is 1. The second-order valence-corrected chi connectivity index (χ2v) is 5.35. The maximum atomic E-state index is 12.1. The Labute approximate surface area is 125 Å². The molecule has 0 bridgehead atoms. The maximum Gasteiger partial charge on any atom is 0.339 e. The van der Waals surface area contributed by atoms with Crippen LogP contribution >= 0.6 is 11.6 Å². The summed E-state index contributed by atoms with van der Waals surface area (Å²) in [6, 6.07) is 6.76. The number of rotatable bonds is 3. The van der Waals surface area contributed by atoms with Crippen LogP contribution < -0.4 is 4.90 Å². The van der Waals surface area contributed by atoms with Gasteiger partial charge < -0.3 is 14.4 Å². The van der Waals surface area contributed by atoms with Gasteiger partial charge in [-0.2, -0.15) is 0 Å². The predicted molar refractivity (Wildman–Crippen MR) is 76.8 cm³/mol. The Kier molecular flexibility index (Phi) is 3.22. The highest BCUT2D eigenvalue weighted by molar-refractivity contribution is 6.31. The fourth-order valence-corrected chi connectivity index (χ4v) is 2.66. The van der Waals surface area contributed by atoms with Crippen LogP contribution in [0, 0.1) is 6.92 Å².